The van der Waals surface area contributed by atoms with E-state index >= 15 is 0 Å². The number of aliphatic carboxylic acids is 1. The Kier molecular flexibility index (Phi) is 4.37. The van der Waals surface area contributed by atoms with Crippen molar-refractivity contribution in [3.8, 4) is 0 Å². The fourth-order valence-electron chi connectivity index (χ4n) is 0.496. The van der Waals surface area contributed by atoms with Crippen LogP contribution in [0.25, 0.3) is 0 Å². The molecule has 0 bridgehead atoms. The molecule has 0 heterocycles. The number of unbranched alkanes of at least 4 members (excludes halogenated alkanes) is 1. The van der Waals surface area contributed by atoms with Gasteiger partial charge in [-0.25, -0.2) is 0 Å². The predicted octanol–water partition coefficient (Wildman–Crippen LogP) is 1.52. The van der Waals surface area contributed by atoms with Gasteiger partial charge in [-0.3, -0.25) is 4.79 Å². The van der Waals surface area contributed by atoms with Crippen molar-refractivity contribution in [1.29, 1.82) is 0 Å². The van der Waals surface area contributed by atoms with Gasteiger partial charge >= 0.3 is 5.97 Å². The second-order valence-electron chi connectivity index (χ2n) is 1.91. The lowest BCUT2D eigenvalue weighted by Gasteiger charge is -1.92. The van der Waals surface area contributed by atoms with Crippen LogP contribution in [-0.2, 0) is 4.79 Å². The van der Waals surface area contributed by atoms with Crippen LogP contribution in [-0.4, -0.2) is 16.2 Å². The molecular weight excluding hydrogens is 132 g/mol. The molecule has 0 saturated heterocycles. The first-order chi connectivity index (χ1) is 4.66. The number of hydrogen-bond acceptors (Lipinski definition) is 2. The quantitative estimate of drug-likeness (QED) is 0.586. The van der Waals surface area contributed by atoms with Gasteiger partial charge in [0, 0.05) is 0 Å². The average Bonchev–Trinajstić information content (AvgIpc) is 1.82. The van der Waals surface area contributed by atoms with Crippen LogP contribution in [0.1, 0.15) is 19.3 Å². The normalized spacial score (nSPS) is 11.5. The third-order valence-corrected chi connectivity index (χ3v) is 0.916. The van der Waals surface area contributed by atoms with Gasteiger partial charge in [-0.2, -0.15) is 0 Å². The predicted molar refractivity (Wildman–Crippen MR) is 37.6 cm³/mol. The summed E-state index contributed by atoms with van der Waals surface area (Å²) in [6.45, 7) is 3.53. The maximum absolute atomic E-state index is 9.96. The van der Waals surface area contributed by atoms with Gasteiger partial charge in [0.1, 0.15) is 6.42 Å². The molecule has 1 radical (unpaired) electrons. The summed E-state index contributed by atoms with van der Waals surface area (Å²) >= 11 is 0. The van der Waals surface area contributed by atoms with Gasteiger partial charge < -0.3 is 10.2 Å². The summed E-state index contributed by atoms with van der Waals surface area (Å²) in [4.78, 5) is 9.96. The molecule has 0 rings (SSSR count). The van der Waals surface area contributed by atoms with Crippen LogP contribution in [0, 0.1) is 6.92 Å². The van der Waals surface area contributed by atoms with Crippen molar-refractivity contribution in [3.63, 3.8) is 0 Å². The molecule has 0 aromatic carbocycles. The number of aliphatic hydroxyl groups is 1. The molecule has 10 heavy (non-hydrogen) atoms. The minimum Gasteiger partial charge on any atom is -0.512 e. The monoisotopic (exact) mass is 143 g/mol. The topological polar surface area (TPSA) is 57.5 Å². The fraction of sp³-hybridized carbons (Fsp3) is 0.429. The van der Waals surface area contributed by atoms with Gasteiger partial charge in [-0.15, -0.1) is 0 Å². The van der Waals surface area contributed by atoms with Gasteiger partial charge in [-0.05, 0) is 18.9 Å². The van der Waals surface area contributed by atoms with Gasteiger partial charge in [0.25, 0.3) is 0 Å². The summed E-state index contributed by atoms with van der Waals surface area (Å²) in [6.07, 6.45) is 2.48. The molecule has 0 amide bonds. The summed E-state index contributed by atoms with van der Waals surface area (Å²) in [6, 6.07) is 0. The van der Waals surface area contributed by atoms with Crippen molar-refractivity contribution in [1.82, 2.24) is 0 Å². The minimum absolute atomic E-state index is 0.0869. The van der Waals surface area contributed by atoms with Gasteiger partial charge in [0.15, 0.2) is 0 Å². The number of aliphatic hydroxyl groups excluding tert-OH is 1. The fourth-order valence-corrected chi connectivity index (χ4v) is 0.496. The van der Waals surface area contributed by atoms with Crippen molar-refractivity contribution in [2.24, 2.45) is 0 Å². The molecule has 0 atom stereocenters. The Bertz CT molecular complexity index is 138. The zero-order valence-electron chi connectivity index (χ0n) is 5.71. The zero-order valence-corrected chi connectivity index (χ0v) is 5.71. The van der Waals surface area contributed by atoms with E-state index in [1.165, 1.54) is 6.08 Å². The summed E-state index contributed by atoms with van der Waals surface area (Å²) in [5, 5.41) is 17.0. The molecule has 0 fully saturated rings. The van der Waals surface area contributed by atoms with Crippen LogP contribution in [0.4, 0.5) is 0 Å². The molecule has 0 unspecified atom stereocenters. The van der Waals surface area contributed by atoms with E-state index in [2.05, 4.69) is 6.92 Å². The lowest BCUT2D eigenvalue weighted by atomic mass is 10.2. The van der Waals surface area contributed by atoms with E-state index in [4.69, 9.17) is 10.2 Å². The third kappa shape index (κ3) is 5.15. The lowest BCUT2D eigenvalue weighted by Crippen LogP contribution is -1.96. The Morgan fingerprint density at radius 1 is 1.50 bits per heavy atom. The van der Waals surface area contributed by atoms with Crippen molar-refractivity contribution >= 4 is 5.97 Å². The lowest BCUT2D eigenvalue weighted by molar-refractivity contribution is -0.136. The zero-order chi connectivity index (χ0) is 7.98. The van der Waals surface area contributed by atoms with E-state index in [9.17, 15) is 4.79 Å². The van der Waals surface area contributed by atoms with E-state index in [1.54, 1.807) is 0 Å². The first kappa shape index (κ1) is 9.01. The highest BCUT2D eigenvalue weighted by Gasteiger charge is 1.98. The molecule has 2 N–H and O–H groups in total. The molecule has 0 aromatic rings. The Labute approximate surface area is 60.0 Å². The average molecular weight is 143 g/mol. The van der Waals surface area contributed by atoms with E-state index < -0.39 is 5.97 Å². The van der Waals surface area contributed by atoms with Gasteiger partial charge in [0.2, 0.25) is 0 Å². The molecule has 3 nitrogen and oxygen atoms in total. The first-order valence-corrected chi connectivity index (χ1v) is 3.06. The molecule has 57 valence electrons. The van der Waals surface area contributed by atoms with Crippen molar-refractivity contribution in [3.05, 3.63) is 18.8 Å². The van der Waals surface area contributed by atoms with Crippen LogP contribution in [0.5, 0.6) is 0 Å². The molecule has 0 aliphatic heterocycles. The van der Waals surface area contributed by atoms with E-state index in [1.807, 2.05) is 0 Å². The van der Waals surface area contributed by atoms with Crippen LogP contribution in [0.2, 0.25) is 0 Å². The number of carbonyl (C=O) groups is 1. The molecule has 0 aliphatic carbocycles. The van der Waals surface area contributed by atoms with Gasteiger partial charge in [-0.1, -0.05) is 6.92 Å². The van der Waals surface area contributed by atoms with Crippen LogP contribution >= 0.6 is 0 Å². The van der Waals surface area contributed by atoms with Crippen molar-refractivity contribution < 1.29 is 15.0 Å². The maximum atomic E-state index is 9.96. The van der Waals surface area contributed by atoms with E-state index in [-0.39, 0.29) is 12.2 Å². The molecule has 0 spiro atoms. The largest absolute Gasteiger partial charge is 0.512 e. The van der Waals surface area contributed by atoms with Crippen molar-refractivity contribution in [2.75, 3.05) is 0 Å². The highest BCUT2D eigenvalue weighted by molar-refractivity contribution is 5.69. The molecule has 0 aliphatic rings. The minimum atomic E-state index is -1.02. The molecule has 0 saturated carbocycles. The SMILES string of the molecule is [CH2]CCC=C(O)CC(=O)O. The smallest absolute Gasteiger partial charge is 0.311 e. The third-order valence-electron chi connectivity index (χ3n) is 0.916. The number of hydrogen-bond donors (Lipinski definition) is 2. The summed E-state index contributed by atoms with van der Waals surface area (Å²) in [5.41, 5.74) is 0. The Morgan fingerprint density at radius 3 is 2.50 bits per heavy atom. The standard InChI is InChI=1S/C7H11O3/c1-2-3-4-6(8)5-7(9)10/h4,8H,1-3,5H2,(H,9,10). The Balaban J connectivity index is 3.59. The molecule has 3 heteroatoms. The first-order valence-electron chi connectivity index (χ1n) is 3.06. The van der Waals surface area contributed by atoms with Crippen LogP contribution in [0.15, 0.2) is 11.8 Å². The van der Waals surface area contributed by atoms with E-state index in [0.717, 1.165) is 0 Å². The summed E-state index contributed by atoms with van der Waals surface area (Å²) < 4.78 is 0. The number of rotatable bonds is 4. The Hall–Kier alpha value is -0.990. The second kappa shape index (κ2) is 4.85. The van der Waals surface area contributed by atoms with E-state index in [0.29, 0.717) is 12.8 Å². The van der Waals surface area contributed by atoms with Gasteiger partial charge in [0.05, 0.1) is 5.76 Å². The maximum Gasteiger partial charge on any atom is 0.311 e. The highest BCUT2D eigenvalue weighted by atomic mass is 16.4. The van der Waals surface area contributed by atoms with Crippen LogP contribution in [0.3, 0.4) is 0 Å². The second-order valence-corrected chi connectivity index (χ2v) is 1.91. The number of carboxylic acids is 1. The highest BCUT2D eigenvalue weighted by Crippen LogP contribution is 1.99. The number of carboxylic acid groups (broad SMARTS) is 1. The van der Waals surface area contributed by atoms with Crippen molar-refractivity contribution in [2.45, 2.75) is 19.3 Å². The molecular formula is C7H11O3. The van der Waals surface area contributed by atoms with Crippen LogP contribution < -0.4 is 0 Å². The Morgan fingerprint density at radius 2 is 2.10 bits per heavy atom. The summed E-state index contributed by atoms with van der Waals surface area (Å²) in [7, 11) is 0. The molecule has 0 aromatic heterocycles. The summed E-state index contributed by atoms with van der Waals surface area (Å²) in [5.74, 6) is -1.10. The number of allylic oxidation sites excluding steroid dienone is 1.